The second-order valence-electron chi connectivity index (χ2n) is 1.06. The minimum Gasteiger partial charge on any atom is -1.00 e. The second kappa shape index (κ2) is 13.2. The van der Waals surface area contributed by atoms with Crippen molar-refractivity contribution in [2.24, 2.45) is 0 Å². The maximum atomic E-state index is 9.63. The van der Waals surface area contributed by atoms with Crippen molar-refractivity contribution in [3.63, 3.8) is 0 Å². The molecule has 0 unspecified atom stereocenters. The Morgan fingerprint density at radius 2 is 0.929 bits per heavy atom. The average molecular weight is 280 g/mol. The standard InChI is InChI=1S/2Na.H4O7P2.3H2O.2H/c;;1-8(2,3)7-9(4,5)6;;;;;/h;;(H2,1,2,3)(H2,4,5,6);3*1H2;;/q2*+1;;;;;2*-1. The van der Waals surface area contributed by atoms with Gasteiger partial charge in [-0.15, -0.1) is 0 Å². The minimum atomic E-state index is -5.05. The van der Waals surface area contributed by atoms with Gasteiger partial charge < -0.3 is 38.9 Å². The number of hydrogen-bond donors (Lipinski definition) is 4. The third kappa shape index (κ3) is 36.8. The predicted octanol–water partition coefficient (Wildman–Crippen LogP) is -9.05. The Hall–Kier alpha value is 2.14. The predicted molar refractivity (Wildman–Crippen MR) is 38.2 cm³/mol. The van der Waals surface area contributed by atoms with Gasteiger partial charge in [-0.25, -0.2) is 9.13 Å². The quantitative estimate of drug-likeness (QED) is 0.282. The molecule has 0 aliphatic rings. The third-order valence-corrected chi connectivity index (χ3v) is 1.91. The summed E-state index contributed by atoms with van der Waals surface area (Å²) in [6, 6.07) is 0. The molecule has 0 saturated heterocycles. The first kappa shape index (κ1) is 36.0. The van der Waals surface area contributed by atoms with Crippen LogP contribution in [0.3, 0.4) is 0 Å². The van der Waals surface area contributed by atoms with Crippen molar-refractivity contribution in [1.29, 1.82) is 0 Å². The molecule has 0 aromatic rings. The molecule has 0 heterocycles. The van der Waals surface area contributed by atoms with E-state index in [9.17, 15) is 9.13 Å². The summed E-state index contributed by atoms with van der Waals surface area (Å²) in [6.45, 7) is 0. The fraction of sp³-hybridized carbons (Fsp3) is 0. The maximum Gasteiger partial charge on any atom is 1.00 e. The summed E-state index contributed by atoms with van der Waals surface area (Å²) < 4.78 is 22.2. The first-order valence-electron chi connectivity index (χ1n) is 1.53. The van der Waals surface area contributed by atoms with E-state index in [2.05, 4.69) is 4.31 Å². The summed E-state index contributed by atoms with van der Waals surface area (Å²) in [4.78, 5) is 31.0. The van der Waals surface area contributed by atoms with E-state index < -0.39 is 15.6 Å². The third-order valence-electron chi connectivity index (χ3n) is 0.213. The van der Waals surface area contributed by atoms with Gasteiger partial charge in [0.05, 0.1) is 0 Å². The van der Waals surface area contributed by atoms with Crippen LogP contribution in [0.5, 0.6) is 0 Å². The Labute approximate surface area is 126 Å². The molecule has 0 aromatic heterocycles. The molecule has 0 aliphatic carbocycles. The Morgan fingerprint density at radius 1 is 0.786 bits per heavy atom. The molecule has 84 valence electrons. The van der Waals surface area contributed by atoms with Crippen molar-refractivity contribution < 1.29 is 111 Å². The summed E-state index contributed by atoms with van der Waals surface area (Å²) in [7, 11) is -10.1. The van der Waals surface area contributed by atoms with Gasteiger partial charge in [0.1, 0.15) is 0 Å². The van der Waals surface area contributed by atoms with Gasteiger partial charge in [0.15, 0.2) is 0 Å². The number of hydrogen-bond acceptors (Lipinski definition) is 3. The first-order valence-corrected chi connectivity index (χ1v) is 4.59. The first-order chi connectivity index (χ1) is 3.71. The van der Waals surface area contributed by atoms with Crippen molar-refractivity contribution in [3.8, 4) is 0 Å². The van der Waals surface area contributed by atoms with Crippen molar-refractivity contribution in [3.05, 3.63) is 0 Å². The fourth-order valence-corrected chi connectivity index (χ4v) is 1.25. The van der Waals surface area contributed by atoms with Crippen molar-refractivity contribution >= 4 is 15.6 Å². The van der Waals surface area contributed by atoms with Gasteiger partial charge in [-0.3, -0.25) is 0 Å². The molecule has 10 N–H and O–H groups in total. The van der Waals surface area contributed by atoms with Gasteiger partial charge in [0, 0.05) is 0 Å². The van der Waals surface area contributed by atoms with E-state index in [1.165, 1.54) is 0 Å². The van der Waals surface area contributed by atoms with E-state index >= 15 is 0 Å². The smallest absolute Gasteiger partial charge is 1.00 e. The zero-order chi connectivity index (χ0) is 7.71. The molecule has 0 atom stereocenters. The minimum absolute atomic E-state index is 0. The molecule has 10 nitrogen and oxygen atoms in total. The van der Waals surface area contributed by atoms with Crippen LogP contribution in [-0.4, -0.2) is 36.0 Å². The van der Waals surface area contributed by atoms with E-state index in [1.807, 2.05) is 0 Å². The van der Waals surface area contributed by atoms with Crippen LogP contribution in [0.15, 0.2) is 0 Å². The topological polar surface area (TPSA) is 219 Å². The molecule has 0 amide bonds. The molecular weight excluding hydrogens is 268 g/mol. The number of phosphoric acid groups is 2. The van der Waals surface area contributed by atoms with Crippen LogP contribution in [0.2, 0.25) is 0 Å². The largest absolute Gasteiger partial charge is 1.00 e. The van der Waals surface area contributed by atoms with Crippen LogP contribution in [0.25, 0.3) is 0 Å². The summed E-state index contributed by atoms with van der Waals surface area (Å²) in [6.07, 6.45) is 0. The van der Waals surface area contributed by atoms with E-state index in [-0.39, 0.29) is 78.4 Å². The fourth-order valence-electron chi connectivity index (χ4n) is 0.139. The van der Waals surface area contributed by atoms with Crippen molar-refractivity contribution in [1.82, 2.24) is 0 Å². The Bertz CT molecular complexity index is 165. The molecule has 0 saturated carbocycles. The van der Waals surface area contributed by atoms with Crippen LogP contribution >= 0.6 is 15.6 Å². The summed E-state index contributed by atoms with van der Waals surface area (Å²) in [5.41, 5.74) is 0. The SMILES string of the molecule is O.O.O.O=P(O)(O)OP(=O)(O)O.[H-].[H-].[Na+].[Na+]. The van der Waals surface area contributed by atoms with Gasteiger partial charge in [-0.1, -0.05) is 0 Å². The summed E-state index contributed by atoms with van der Waals surface area (Å²) in [5, 5.41) is 0. The molecule has 0 radical (unpaired) electrons. The molecule has 0 aliphatic heterocycles. The van der Waals surface area contributed by atoms with Gasteiger partial charge in [0.2, 0.25) is 0 Å². The van der Waals surface area contributed by atoms with E-state index in [1.54, 1.807) is 0 Å². The maximum absolute atomic E-state index is 9.63. The molecule has 0 bridgehead atoms. The monoisotopic (exact) mass is 280 g/mol. The van der Waals surface area contributed by atoms with Crippen LogP contribution in [-0.2, 0) is 13.4 Å². The van der Waals surface area contributed by atoms with Gasteiger partial charge in [0.25, 0.3) is 0 Å². The molecule has 0 fully saturated rings. The molecule has 0 aromatic carbocycles. The number of rotatable bonds is 2. The molecule has 0 rings (SSSR count). The van der Waals surface area contributed by atoms with Crippen LogP contribution in [0, 0.1) is 0 Å². The normalized spacial score (nSPS) is 8.86. The van der Waals surface area contributed by atoms with Crippen LogP contribution in [0.1, 0.15) is 2.85 Å². The van der Waals surface area contributed by atoms with E-state index in [0.717, 1.165) is 0 Å². The Kier molecular flexibility index (Phi) is 33.9. The van der Waals surface area contributed by atoms with Gasteiger partial charge in [-0.2, -0.15) is 4.31 Å². The van der Waals surface area contributed by atoms with Crippen LogP contribution < -0.4 is 59.1 Å². The van der Waals surface area contributed by atoms with Gasteiger partial charge in [-0.05, 0) is 0 Å². The van der Waals surface area contributed by atoms with Crippen molar-refractivity contribution in [2.45, 2.75) is 0 Å². The van der Waals surface area contributed by atoms with Crippen LogP contribution in [0.4, 0.5) is 0 Å². The summed E-state index contributed by atoms with van der Waals surface area (Å²) >= 11 is 0. The van der Waals surface area contributed by atoms with E-state index in [4.69, 9.17) is 19.6 Å². The average Bonchev–Trinajstić information content (AvgIpc) is 1.14. The molecule has 14 heavy (non-hydrogen) atoms. The second-order valence-corrected chi connectivity index (χ2v) is 3.68. The zero-order valence-corrected chi connectivity index (χ0v) is 13.2. The Balaban J connectivity index is -0.0000000152. The van der Waals surface area contributed by atoms with E-state index in [0.29, 0.717) is 0 Å². The molecule has 14 heteroatoms. The van der Waals surface area contributed by atoms with Gasteiger partial charge >= 0.3 is 74.8 Å². The Morgan fingerprint density at radius 3 is 0.929 bits per heavy atom. The molecular formula is H12Na2O10P2. The van der Waals surface area contributed by atoms with Crippen molar-refractivity contribution in [2.75, 3.05) is 0 Å². The molecule has 0 spiro atoms. The zero-order valence-electron chi connectivity index (χ0n) is 9.41. The summed E-state index contributed by atoms with van der Waals surface area (Å²) in [5.74, 6) is 0.